The van der Waals surface area contributed by atoms with Gasteiger partial charge < -0.3 is 10.4 Å². The normalized spacial score (nSPS) is 27.9. The van der Waals surface area contributed by atoms with E-state index in [2.05, 4.69) is 10.3 Å². The van der Waals surface area contributed by atoms with Gasteiger partial charge in [0.2, 0.25) is 5.91 Å². The summed E-state index contributed by atoms with van der Waals surface area (Å²) in [5, 5.41) is 14.0. The molecule has 19 heavy (non-hydrogen) atoms. The lowest BCUT2D eigenvalue weighted by atomic mass is 10.0. The number of hydrogen-bond acceptors (Lipinski definition) is 4. The Labute approximate surface area is 115 Å². The number of rotatable bonds is 5. The van der Waals surface area contributed by atoms with Crippen LogP contribution >= 0.6 is 11.3 Å². The van der Waals surface area contributed by atoms with Crippen molar-refractivity contribution in [2.75, 3.05) is 6.54 Å². The van der Waals surface area contributed by atoms with Crippen molar-refractivity contribution >= 4 is 23.2 Å². The number of carboxylic acids is 1. The van der Waals surface area contributed by atoms with Gasteiger partial charge in [0.15, 0.2) is 5.69 Å². The number of carbonyl (C=O) groups is 2. The summed E-state index contributed by atoms with van der Waals surface area (Å²) in [5.41, 5.74) is 0.0854. The number of aromatic nitrogens is 1. The molecule has 0 aliphatic heterocycles. The average molecular weight is 280 g/mol. The van der Waals surface area contributed by atoms with Crippen LogP contribution in [0.3, 0.4) is 0 Å². The second kappa shape index (κ2) is 4.92. The molecule has 0 aromatic carbocycles. The van der Waals surface area contributed by atoms with Crippen LogP contribution in [0, 0.1) is 17.8 Å². The molecular weight excluding hydrogens is 264 g/mol. The first-order valence-electron chi connectivity index (χ1n) is 6.59. The summed E-state index contributed by atoms with van der Waals surface area (Å²) >= 11 is 1.33. The summed E-state index contributed by atoms with van der Waals surface area (Å²) in [6.45, 7) is 0.539. The van der Waals surface area contributed by atoms with E-state index < -0.39 is 5.97 Å². The number of aromatic carboxylic acids is 1. The van der Waals surface area contributed by atoms with E-state index in [-0.39, 0.29) is 17.5 Å². The Balaban J connectivity index is 1.42. The van der Waals surface area contributed by atoms with Gasteiger partial charge in [-0.25, -0.2) is 9.78 Å². The molecule has 0 bridgehead atoms. The minimum absolute atomic E-state index is 0.0854. The molecule has 0 spiro atoms. The zero-order chi connectivity index (χ0) is 13.4. The molecule has 1 amide bonds. The maximum absolute atomic E-state index is 11.9. The smallest absolute Gasteiger partial charge is 0.355 e. The van der Waals surface area contributed by atoms with Gasteiger partial charge in [-0.2, -0.15) is 0 Å². The molecule has 2 unspecified atom stereocenters. The highest BCUT2D eigenvalue weighted by molar-refractivity contribution is 7.09. The van der Waals surface area contributed by atoms with Crippen molar-refractivity contribution in [3.63, 3.8) is 0 Å². The van der Waals surface area contributed by atoms with E-state index in [1.807, 2.05) is 0 Å². The molecule has 1 aromatic rings. The van der Waals surface area contributed by atoms with Gasteiger partial charge in [-0.3, -0.25) is 4.79 Å². The molecule has 2 fully saturated rings. The Morgan fingerprint density at radius 2 is 2.11 bits per heavy atom. The highest BCUT2D eigenvalue weighted by Gasteiger charge is 2.47. The highest BCUT2D eigenvalue weighted by Crippen LogP contribution is 2.54. The molecule has 0 radical (unpaired) electrons. The summed E-state index contributed by atoms with van der Waals surface area (Å²) in [6.07, 6.45) is 4.03. The van der Waals surface area contributed by atoms with Crippen molar-refractivity contribution < 1.29 is 14.7 Å². The van der Waals surface area contributed by atoms with Crippen molar-refractivity contribution in [3.05, 3.63) is 16.1 Å². The number of nitrogens with zero attached hydrogens (tertiary/aromatic N) is 1. The lowest BCUT2D eigenvalue weighted by molar-refractivity contribution is -0.125. The monoisotopic (exact) mass is 280 g/mol. The Morgan fingerprint density at radius 3 is 2.74 bits per heavy atom. The number of hydrogen-bond donors (Lipinski definition) is 2. The number of amides is 1. The molecular formula is C13H16N2O3S. The Bertz CT molecular complexity index is 504. The largest absolute Gasteiger partial charge is 0.476 e. The molecule has 2 atom stereocenters. The van der Waals surface area contributed by atoms with Gasteiger partial charge in [0.05, 0.1) is 5.01 Å². The van der Waals surface area contributed by atoms with Crippen LogP contribution in [0.1, 0.15) is 34.8 Å². The zero-order valence-electron chi connectivity index (χ0n) is 10.5. The van der Waals surface area contributed by atoms with Crippen LogP contribution in [0.25, 0.3) is 0 Å². The minimum atomic E-state index is -1.00. The number of thiazole rings is 1. The molecule has 2 N–H and O–H groups in total. The summed E-state index contributed by atoms with van der Waals surface area (Å²) in [4.78, 5) is 26.6. The topological polar surface area (TPSA) is 79.3 Å². The van der Waals surface area contributed by atoms with Crippen molar-refractivity contribution in [1.82, 2.24) is 10.3 Å². The van der Waals surface area contributed by atoms with Crippen molar-refractivity contribution in [3.8, 4) is 0 Å². The maximum atomic E-state index is 11.9. The Morgan fingerprint density at radius 1 is 1.37 bits per heavy atom. The molecule has 3 rings (SSSR count). The lowest BCUT2D eigenvalue weighted by Gasteiger charge is -2.11. The second-order valence-electron chi connectivity index (χ2n) is 5.40. The molecule has 6 heteroatoms. The fourth-order valence-corrected chi connectivity index (χ4v) is 3.66. The van der Waals surface area contributed by atoms with Crippen molar-refractivity contribution in [1.29, 1.82) is 0 Å². The van der Waals surface area contributed by atoms with Crippen LogP contribution in [0.5, 0.6) is 0 Å². The number of nitrogens with one attached hydrogen (secondary N) is 1. The van der Waals surface area contributed by atoms with Gasteiger partial charge in [-0.15, -0.1) is 11.3 Å². The predicted molar refractivity (Wildman–Crippen MR) is 70.1 cm³/mol. The first-order valence-corrected chi connectivity index (χ1v) is 7.47. The summed E-state index contributed by atoms with van der Waals surface area (Å²) in [7, 11) is 0. The van der Waals surface area contributed by atoms with Gasteiger partial charge in [0, 0.05) is 24.3 Å². The molecule has 2 aliphatic rings. The van der Waals surface area contributed by atoms with Crippen LogP contribution in [0.2, 0.25) is 0 Å². The van der Waals surface area contributed by atoms with Crippen LogP contribution in [0.15, 0.2) is 5.38 Å². The number of carboxylic acid groups (broad SMARTS) is 1. The minimum Gasteiger partial charge on any atom is -0.476 e. The fourth-order valence-electron chi connectivity index (χ4n) is 2.89. The van der Waals surface area contributed by atoms with Gasteiger partial charge in [0.1, 0.15) is 0 Å². The summed E-state index contributed by atoms with van der Waals surface area (Å²) in [5.74, 6) is 0.981. The first-order chi connectivity index (χ1) is 9.13. The quantitative estimate of drug-likeness (QED) is 0.857. The Hall–Kier alpha value is -1.43. The summed E-state index contributed by atoms with van der Waals surface area (Å²) < 4.78 is 0. The van der Waals surface area contributed by atoms with Gasteiger partial charge in [-0.1, -0.05) is 0 Å². The van der Waals surface area contributed by atoms with E-state index in [0.717, 1.165) is 29.7 Å². The van der Waals surface area contributed by atoms with E-state index in [9.17, 15) is 9.59 Å². The molecule has 5 nitrogen and oxygen atoms in total. The average Bonchev–Trinajstić information content (AvgIpc) is 2.81. The van der Waals surface area contributed by atoms with Gasteiger partial charge in [-0.05, 0) is 31.1 Å². The molecule has 1 aromatic heterocycles. The van der Waals surface area contributed by atoms with Crippen LogP contribution in [0.4, 0.5) is 0 Å². The van der Waals surface area contributed by atoms with Crippen molar-refractivity contribution in [2.45, 2.75) is 25.7 Å². The van der Waals surface area contributed by atoms with E-state index in [0.29, 0.717) is 13.0 Å². The van der Waals surface area contributed by atoms with Crippen molar-refractivity contribution in [2.24, 2.45) is 17.8 Å². The van der Waals surface area contributed by atoms with Crippen LogP contribution < -0.4 is 5.32 Å². The van der Waals surface area contributed by atoms with Crippen LogP contribution in [-0.2, 0) is 11.2 Å². The number of carbonyl (C=O) groups excluding carboxylic acids is 1. The molecule has 102 valence electrons. The third-order valence-electron chi connectivity index (χ3n) is 4.02. The fraction of sp³-hybridized carbons (Fsp3) is 0.615. The molecule has 0 saturated heterocycles. The molecule has 1 heterocycles. The lowest BCUT2D eigenvalue weighted by Crippen LogP contribution is -2.31. The number of fused-ring (bicyclic) bond motifs is 1. The van der Waals surface area contributed by atoms with E-state index in [1.54, 1.807) is 0 Å². The molecule has 2 saturated carbocycles. The van der Waals surface area contributed by atoms with E-state index in [4.69, 9.17) is 5.11 Å². The maximum Gasteiger partial charge on any atom is 0.355 e. The molecule has 2 aliphatic carbocycles. The third-order valence-corrected chi connectivity index (χ3v) is 4.93. The van der Waals surface area contributed by atoms with E-state index in [1.165, 1.54) is 23.1 Å². The first kappa shape index (κ1) is 12.6. The Kier molecular flexibility index (Phi) is 3.26. The second-order valence-corrected chi connectivity index (χ2v) is 6.34. The van der Waals surface area contributed by atoms with Gasteiger partial charge in [0.25, 0.3) is 0 Å². The summed E-state index contributed by atoms with van der Waals surface area (Å²) in [6, 6.07) is 0. The third kappa shape index (κ3) is 2.78. The predicted octanol–water partition coefficient (Wildman–Crippen LogP) is 1.55. The van der Waals surface area contributed by atoms with Crippen LogP contribution in [-0.4, -0.2) is 28.5 Å². The van der Waals surface area contributed by atoms with Gasteiger partial charge >= 0.3 is 5.97 Å². The van der Waals surface area contributed by atoms with E-state index >= 15 is 0 Å². The standard InChI is InChI=1S/C13H16N2O3S/c16-12(9-4-7-3-8(7)5-9)14-2-1-11-15-10(6-19-11)13(17)18/h6-9H,1-5H2,(H,14,16)(H,17,18). The zero-order valence-corrected chi connectivity index (χ0v) is 11.3. The highest BCUT2D eigenvalue weighted by atomic mass is 32.1. The SMILES string of the molecule is O=C(O)c1csc(CCNC(=O)C2CC3CC3C2)n1.